The summed E-state index contributed by atoms with van der Waals surface area (Å²) in [5.74, 6) is 0.343. The Labute approximate surface area is 129 Å². The SMILES string of the molecule is CC(C)n1ccnc(N(C)c2ccccc2C(N)=S)c1=O. The second-order valence-corrected chi connectivity index (χ2v) is 5.44. The molecule has 6 heteroatoms. The van der Waals surface area contributed by atoms with E-state index < -0.39 is 0 Å². The van der Waals surface area contributed by atoms with E-state index in [2.05, 4.69) is 4.98 Å². The molecule has 0 aliphatic heterocycles. The van der Waals surface area contributed by atoms with E-state index in [4.69, 9.17) is 18.0 Å². The lowest BCUT2D eigenvalue weighted by atomic mass is 10.1. The van der Waals surface area contributed by atoms with Crippen LogP contribution in [0, 0.1) is 0 Å². The fraction of sp³-hybridized carbons (Fsp3) is 0.267. The molecule has 0 spiro atoms. The van der Waals surface area contributed by atoms with E-state index in [1.165, 1.54) is 0 Å². The van der Waals surface area contributed by atoms with Crippen LogP contribution in [0.4, 0.5) is 11.5 Å². The second kappa shape index (κ2) is 6.05. The minimum Gasteiger partial charge on any atom is -0.389 e. The highest BCUT2D eigenvalue weighted by molar-refractivity contribution is 7.80. The zero-order valence-electron chi connectivity index (χ0n) is 12.3. The van der Waals surface area contributed by atoms with Crippen molar-refractivity contribution in [3.05, 3.63) is 52.6 Å². The highest BCUT2D eigenvalue weighted by Crippen LogP contribution is 2.23. The van der Waals surface area contributed by atoms with E-state index in [-0.39, 0.29) is 16.6 Å². The first kappa shape index (κ1) is 15.2. The predicted octanol–water partition coefficient (Wildman–Crippen LogP) is 2.23. The number of benzene rings is 1. The molecule has 0 amide bonds. The molecule has 2 aromatic rings. The summed E-state index contributed by atoms with van der Waals surface area (Å²) in [6, 6.07) is 7.49. The van der Waals surface area contributed by atoms with Crippen molar-refractivity contribution in [3.63, 3.8) is 0 Å². The summed E-state index contributed by atoms with van der Waals surface area (Å²) in [5.41, 5.74) is 7.08. The fourth-order valence-corrected chi connectivity index (χ4v) is 2.31. The third kappa shape index (κ3) is 2.95. The van der Waals surface area contributed by atoms with Gasteiger partial charge in [0.05, 0.1) is 5.69 Å². The van der Waals surface area contributed by atoms with Gasteiger partial charge in [-0.2, -0.15) is 0 Å². The highest BCUT2D eigenvalue weighted by Gasteiger charge is 2.16. The Kier molecular flexibility index (Phi) is 4.37. The lowest BCUT2D eigenvalue weighted by Crippen LogP contribution is -2.30. The van der Waals surface area contributed by atoms with Crippen molar-refractivity contribution in [2.45, 2.75) is 19.9 Å². The molecule has 0 saturated carbocycles. The Bertz CT molecular complexity index is 724. The quantitative estimate of drug-likeness (QED) is 0.877. The highest BCUT2D eigenvalue weighted by atomic mass is 32.1. The van der Waals surface area contributed by atoms with Gasteiger partial charge in [0.15, 0.2) is 5.82 Å². The number of rotatable bonds is 4. The van der Waals surface area contributed by atoms with Gasteiger partial charge in [0, 0.05) is 31.0 Å². The Morgan fingerprint density at radius 2 is 2.05 bits per heavy atom. The number of anilines is 2. The molecule has 5 nitrogen and oxygen atoms in total. The van der Waals surface area contributed by atoms with Gasteiger partial charge in [-0.25, -0.2) is 4.98 Å². The summed E-state index contributed by atoms with van der Waals surface area (Å²) >= 11 is 5.07. The zero-order chi connectivity index (χ0) is 15.6. The van der Waals surface area contributed by atoms with Crippen molar-refractivity contribution in [2.75, 3.05) is 11.9 Å². The number of hydrogen-bond donors (Lipinski definition) is 1. The maximum Gasteiger partial charge on any atom is 0.294 e. The van der Waals surface area contributed by atoms with Gasteiger partial charge in [0.2, 0.25) is 0 Å². The zero-order valence-corrected chi connectivity index (χ0v) is 13.1. The minimum absolute atomic E-state index is 0.0680. The maximum atomic E-state index is 12.5. The standard InChI is InChI=1S/C15H18N4OS/c1-10(2)19-9-8-17-14(15(19)20)18(3)12-7-5-4-6-11(12)13(16)21/h4-10H,1-3H3,(H2,16,21). The summed E-state index contributed by atoms with van der Waals surface area (Å²) in [4.78, 5) is 18.7. The van der Waals surface area contributed by atoms with E-state index in [0.29, 0.717) is 5.82 Å². The number of para-hydroxylation sites is 1. The topological polar surface area (TPSA) is 64.2 Å². The van der Waals surface area contributed by atoms with Crippen molar-refractivity contribution < 1.29 is 0 Å². The molecule has 1 aromatic carbocycles. The maximum absolute atomic E-state index is 12.5. The third-order valence-electron chi connectivity index (χ3n) is 3.25. The van der Waals surface area contributed by atoms with Crippen LogP contribution >= 0.6 is 12.2 Å². The number of aromatic nitrogens is 2. The van der Waals surface area contributed by atoms with Gasteiger partial charge in [-0.15, -0.1) is 0 Å². The molecule has 0 fully saturated rings. The predicted molar refractivity (Wildman–Crippen MR) is 89.3 cm³/mol. The molecule has 2 rings (SSSR count). The van der Waals surface area contributed by atoms with Crippen molar-refractivity contribution in [1.29, 1.82) is 0 Å². The number of nitrogens with zero attached hydrogens (tertiary/aromatic N) is 3. The van der Waals surface area contributed by atoms with Crippen molar-refractivity contribution in [2.24, 2.45) is 5.73 Å². The van der Waals surface area contributed by atoms with Crippen LogP contribution < -0.4 is 16.2 Å². The summed E-state index contributed by atoms with van der Waals surface area (Å²) in [5, 5.41) is 0. The summed E-state index contributed by atoms with van der Waals surface area (Å²) in [7, 11) is 1.78. The summed E-state index contributed by atoms with van der Waals surface area (Å²) in [6.07, 6.45) is 3.31. The van der Waals surface area contributed by atoms with Gasteiger partial charge in [-0.05, 0) is 26.0 Å². The molecule has 2 N–H and O–H groups in total. The number of nitrogens with two attached hydrogens (primary N) is 1. The molecular weight excluding hydrogens is 284 g/mol. The fourth-order valence-electron chi connectivity index (χ4n) is 2.14. The molecule has 0 saturated heterocycles. The third-order valence-corrected chi connectivity index (χ3v) is 3.47. The van der Waals surface area contributed by atoms with Gasteiger partial charge >= 0.3 is 0 Å². The monoisotopic (exact) mass is 302 g/mol. The van der Waals surface area contributed by atoms with Crippen molar-refractivity contribution in [1.82, 2.24) is 9.55 Å². The minimum atomic E-state index is -0.146. The Balaban J connectivity index is 2.56. The van der Waals surface area contributed by atoms with Crippen LogP contribution in [0.5, 0.6) is 0 Å². The van der Waals surface area contributed by atoms with Gasteiger partial charge in [0.25, 0.3) is 5.56 Å². The summed E-state index contributed by atoms with van der Waals surface area (Å²) < 4.78 is 1.64. The smallest absolute Gasteiger partial charge is 0.294 e. The van der Waals surface area contributed by atoms with E-state index in [0.717, 1.165) is 11.3 Å². The van der Waals surface area contributed by atoms with Gasteiger partial charge < -0.3 is 15.2 Å². The first-order valence-corrected chi connectivity index (χ1v) is 7.04. The van der Waals surface area contributed by atoms with Crippen LogP contribution in [0.15, 0.2) is 41.5 Å². The molecule has 1 heterocycles. The first-order valence-electron chi connectivity index (χ1n) is 6.63. The number of hydrogen-bond acceptors (Lipinski definition) is 4. The first-order chi connectivity index (χ1) is 9.93. The largest absolute Gasteiger partial charge is 0.389 e. The van der Waals surface area contributed by atoms with Gasteiger partial charge in [-0.3, -0.25) is 4.79 Å². The van der Waals surface area contributed by atoms with Crippen LogP contribution in [0.25, 0.3) is 0 Å². The van der Waals surface area contributed by atoms with E-state index in [9.17, 15) is 4.79 Å². The molecule has 110 valence electrons. The van der Waals surface area contributed by atoms with Crippen molar-refractivity contribution in [3.8, 4) is 0 Å². The van der Waals surface area contributed by atoms with Crippen LogP contribution in [0.3, 0.4) is 0 Å². The average molecular weight is 302 g/mol. The molecular formula is C15H18N4OS. The van der Waals surface area contributed by atoms with E-state index >= 15 is 0 Å². The second-order valence-electron chi connectivity index (χ2n) is 5.00. The average Bonchev–Trinajstić information content (AvgIpc) is 2.46. The van der Waals surface area contributed by atoms with Crippen LogP contribution in [0.1, 0.15) is 25.5 Å². The number of thiocarbonyl (C=S) groups is 1. The molecule has 0 radical (unpaired) electrons. The molecule has 0 unspecified atom stereocenters. The van der Waals surface area contributed by atoms with Crippen LogP contribution in [-0.4, -0.2) is 21.6 Å². The molecule has 0 atom stereocenters. The van der Waals surface area contributed by atoms with Gasteiger partial charge in [-0.1, -0.05) is 24.4 Å². The summed E-state index contributed by atoms with van der Waals surface area (Å²) in [6.45, 7) is 3.91. The normalized spacial score (nSPS) is 10.7. The van der Waals surface area contributed by atoms with Crippen LogP contribution in [0.2, 0.25) is 0 Å². The van der Waals surface area contributed by atoms with Crippen molar-refractivity contribution >= 4 is 28.7 Å². The lowest BCUT2D eigenvalue weighted by molar-refractivity contribution is 0.574. The molecule has 0 aliphatic carbocycles. The van der Waals surface area contributed by atoms with Crippen LogP contribution in [-0.2, 0) is 0 Å². The molecule has 21 heavy (non-hydrogen) atoms. The van der Waals surface area contributed by atoms with Gasteiger partial charge in [0.1, 0.15) is 4.99 Å². The van der Waals surface area contributed by atoms with E-state index in [1.807, 2.05) is 38.1 Å². The molecule has 0 aliphatic rings. The van der Waals surface area contributed by atoms with E-state index in [1.54, 1.807) is 28.9 Å². The Hall–Kier alpha value is -2.21. The molecule has 0 bridgehead atoms. The lowest BCUT2D eigenvalue weighted by Gasteiger charge is -2.21. The Morgan fingerprint density at radius 1 is 1.38 bits per heavy atom. The molecule has 1 aromatic heterocycles. The Morgan fingerprint density at radius 3 is 2.67 bits per heavy atom.